The molecule has 0 aliphatic rings. The second kappa shape index (κ2) is 8.93. The summed E-state index contributed by atoms with van der Waals surface area (Å²) >= 11 is 0. The van der Waals surface area contributed by atoms with Crippen molar-refractivity contribution in [3.63, 3.8) is 0 Å². The van der Waals surface area contributed by atoms with Gasteiger partial charge in [-0.2, -0.15) is 0 Å². The van der Waals surface area contributed by atoms with Gasteiger partial charge in [0.15, 0.2) is 11.5 Å². The highest BCUT2D eigenvalue weighted by Gasteiger charge is 2.20. The average molecular weight is 373 g/mol. The third-order valence-corrected chi connectivity index (χ3v) is 3.91. The number of aryl methyl sites for hydroxylation is 1. The molecule has 0 saturated heterocycles. The van der Waals surface area contributed by atoms with Crippen LogP contribution in [0.3, 0.4) is 0 Å². The van der Waals surface area contributed by atoms with Gasteiger partial charge in [0, 0.05) is 17.7 Å². The number of rotatable bonds is 7. The normalized spacial score (nSPS) is 10.1. The minimum atomic E-state index is -0.603. The van der Waals surface area contributed by atoms with Crippen LogP contribution >= 0.6 is 0 Å². The number of methoxy groups -OCH3 is 3. The quantitative estimate of drug-likeness (QED) is 0.749. The van der Waals surface area contributed by atoms with Gasteiger partial charge in [-0.3, -0.25) is 4.79 Å². The Morgan fingerprint density at radius 1 is 0.963 bits per heavy atom. The van der Waals surface area contributed by atoms with Gasteiger partial charge in [0.05, 0.1) is 39.2 Å². The van der Waals surface area contributed by atoms with Crippen LogP contribution in [0.4, 0.5) is 5.69 Å². The maximum atomic E-state index is 12.7. The van der Waals surface area contributed by atoms with E-state index in [4.69, 9.17) is 18.9 Å². The van der Waals surface area contributed by atoms with E-state index in [1.54, 1.807) is 18.2 Å². The zero-order chi connectivity index (χ0) is 20.0. The molecule has 0 aliphatic heterocycles. The maximum Gasteiger partial charge on any atom is 0.340 e. The summed E-state index contributed by atoms with van der Waals surface area (Å²) in [6, 6.07) is 8.10. The summed E-state index contributed by atoms with van der Waals surface area (Å²) in [6.07, 6.45) is 0. The predicted molar refractivity (Wildman–Crippen MR) is 101 cm³/mol. The van der Waals surface area contributed by atoms with Crippen molar-refractivity contribution in [3.05, 3.63) is 47.0 Å². The third-order valence-electron chi connectivity index (χ3n) is 3.91. The first-order valence-electron chi connectivity index (χ1n) is 8.34. The van der Waals surface area contributed by atoms with E-state index in [0.717, 1.165) is 11.3 Å². The van der Waals surface area contributed by atoms with Gasteiger partial charge in [-0.1, -0.05) is 0 Å². The number of benzene rings is 2. The van der Waals surface area contributed by atoms with Gasteiger partial charge >= 0.3 is 5.97 Å². The van der Waals surface area contributed by atoms with Crippen molar-refractivity contribution in [2.24, 2.45) is 0 Å². The Morgan fingerprint density at radius 3 is 2.19 bits per heavy atom. The molecular formula is C20H23NO6. The summed E-state index contributed by atoms with van der Waals surface area (Å²) in [5, 5.41) is 2.73. The number of ether oxygens (including phenoxy) is 4. The highest BCUT2D eigenvalue weighted by Crippen LogP contribution is 2.34. The number of carbonyl (C=O) groups excluding carboxylic acids is 2. The van der Waals surface area contributed by atoms with E-state index in [1.807, 2.05) is 13.8 Å². The molecule has 1 amide bonds. The smallest absolute Gasteiger partial charge is 0.340 e. The lowest BCUT2D eigenvalue weighted by Crippen LogP contribution is -2.16. The highest BCUT2D eigenvalue weighted by atomic mass is 16.5. The summed E-state index contributed by atoms with van der Waals surface area (Å²) in [5.74, 6) is 0.471. The van der Waals surface area contributed by atoms with Gasteiger partial charge in [0.25, 0.3) is 5.91 Å². The molecule has 0 bridgehead atoms. The lowest BCUT2D eigenvalue weighted by molar-refractivity contribution is 0.0601. The molecule has 0 aromatic heterocycles. The van der Waals surface area contributed by atoms with Gasteiger partial charge in [-0.15, -0.1) is 0 Å². The van der Waals surface area contributed by atoms with Crippen molar-refractivity contribution in [2.45, 2.75) is 13.8 Å². The molecular weight excluding hydrogens is 350 g/mol. The molecule has 27 heavy (non-hydrogen) atoms. The topological polar surface area (TPSA) is 83.1 Å². The minimum Gasteiger partial charge on any atom is -0.494 e. The molecule has 0 atom stereocenters. The molecule has 0 heterocycles. The second-order valence-electron chi connectivity index (χ2n) is 5.61. The number of amides is 1. The van der Waals surface area contributed by atoms with E-state index in [1.165, 1.54) is 33.5 Å². The molecule has 0 aliphatic carbocycles. The number of carbonyl (C=O) groups is 2. The fraction of sp³-hybridized carbons (Fsp3) is 0.300. The van der Waals surface area contributed by atoms with Crippen LogP contribution in [0.15, 0.2) is 30.3 Å². The van der Waals surface area contributed by atoms with E-state index in [2.05, 4.69) is 5.32 Å². The number of esters is 1. The van der Waals surface area contributed by atoms with E-state index in [9.17, 15) is 9.59 Å². The Morgan fingerprint density at radius 2 is 1.63 bits per heavy atom. The Labute approximate surface area is 158 Å². The fourth-order valence-electron chi connectivity index (χ4n) is 2.56. The van der Waals surface area contributed by atoms with Crippen LogP contribution in [0.5, 0.6) is 17.2 Å². The Hall–Kier alpha value is -3.22. The van der Waals surface area contributed by atoms with Crippen LogP contribution < -0.4 is 19.5 Å². The average Bonchev–Trinajstić information content (AvgIpc) is 2.68. The monoisotopic (exact) mass is 373 g/mol. The molecule has 1 N–H and O–H groups in total. The van der Waals surface area contributed by atoms with Crippen LogP contribution in [0.2, 0.25) is 0 Å². The second-order valence-corrected chi connectivity index (χ2v) is 5.61. The van der Waals surface area contributed by atoms with E-state index >= 15 is 0 Å². The molecule has 0 saturated carbocycles. The summed E-state index contributed by atoms with van der Waals surface area (Å²) in [6.45, 7) is 4.30. The SMILES string of the molecule is CCOc1ccc(C(=O)Nc2cc(OC)c(OC)cc2C(=O)OC)cc1C. The summed E-state index contributed by atoms with van der Waals surface area (Å²) in [5.41, 5.74) is 1.69. The Kier molecular flexibility index (Phi) is 6.65. The minimum absolute atomic E-state index is 0.158. The number of hydrogen-bond donors (Lipinski definition) is 1. The predicted octanol–water partition coefficient (Wildman–Crippen LogP) is 3.45. The molecule has 144 valence electrons. The summed E-state index contributed by atoms with van der Waals surface area (Å²) in [7, 11) is 4.19. The lowest BCUT2D eigenvalue weighted by Gasteiger charge is -2.15. The molecule has 0 radical (unpaired) electrons. The third kappa shape index (κ3) is 4.49. The van der Waals surface area contributed by atoms with Gasteiger partial charge in [-0.25, -0.2) is 4.79 Å². The fourth-order valence-corrected chi connectivity index (χ4v) is 2.56. The van der Waals surface area contributed by atoms with Crippen LogP contribution in [0.1, 0.15) is 33.2 Å². The zero-order valence-corrected chi connectivity index (χ0v) is 16.0. The number of hydrogen-bond acceptors (Lipinski definition) is 6. The highest BCUT2D eigenvalue weighted by molar-refractivity contribution is 6.08. The van der Waals surface area contributed by atoms with Crippen LogP contribution in [-0.4, -0.2) is 39.8 Å². The molecule has 2 aromatic carbocycles. The molecule has 7 nitrogen and oxygen atoms in total. The van der Waals surface area contributed by atoms with Gasteiger partial charge in [-0.05, 0) is 37.6 Å². The molecule has 7 heteroatoms. The molecule has 0 unspecified atom stereocenters. The Bertz CT molecular complexity index is 847. The van der Waals surface area contributed by atoms with E-state index in [0.29, 0.717) is 23.7 Å². The molecule has 0 spiro atoms. The summed E-state index contributed by atoms with van der Waals surface area (Å²) in [4.78, 5) is 24.8. The van der Waals surface area contributed by atoms with Crippen molar-refractivity contribution >= 4 is 17.6 Å². The first-order chi connectivity index (χ1) is 12.9. The first kappa shape index (κ1) is 20.1. The lowest BCUT2D eigenvalue weighted by atomic mass is 10.1. The molecule has 2 rings (SSSR count). The largest absolute Gasteiger partial charge is 0.494 e. The van der Waals surface area contributed by atoms with Crippen molar-refractivity contribution in [2.75, 3.05) is 33.3 Å². The van der Waals surface area contributed by atoms with Crippen LogP contribution in [0, 0.1) is 6.92 Å². The van der Waals surface area contributed by atoms with Crippen molar-refractivity contribution in [3.8, 4) is 17.2 Å². The van der Waals surface area contributed by atoms with Crippen molar-refractivity contribution in [1.82, 2.24) is 0 Å². The van der Waals surface area contributed by atoms with Crippen molar-refractivity contribution in [1.29, 1.82) is 0 Å². The number of nitrogens with one attached hydrogen (secondary N) is 1. The van der Waals surface area contributed by atoms with E-state index in [-0.39, 0.29) is 17.2 Å². The van der Waals surface area contributed by atoms with Gasteiger partial charge in [0.1, 0.15) is 5.75 Å². The Balaban J connectivity index is 2.38. The first-order valence-corrected chi connectivity index (χ1v) is 8.34. The van der Waals surface area contributed by atoms with Gasteiger partial charge in [0.2, 0.25) is 0 Å². The van der Waals surface area contributed by atoms with Crippen LogP contribution in [0.25, 0.3) is 0 Å². The van der Waals surface area contributed by atoms with Crippen molar-refractivity contribution < 1.29 is 28.5 Å². The van der Waals surface area contributed by atoms with Crippen LogP contribution in [-0.2, 0) is 4.74 Å². The molecule has 0 fully saturated rings. The van der Waals surface area contributed by atoms with Gasteiger partial charge < -0.3 is 24.3 Å². The standard InChI is InChI=1S/C20H23NO6/c1-6-27-16-8-7-13(9-12(16)2)19(22)21-15-11-18(25-4)17(24-3)10-14(15)20(23)26-5/h7-11H,6H2,1-5H3,(H,21,22). The maximum absolute atomic E-state index is 12.7. The zero-order valence-electron chi connectivity index (χ0n) is 16.0. The summed E-state index contributed by atoms with van der Waals surface area (Å²) < 4.78 is 20.7. The van der Waals surface area contributed by atoms with E-state index < -0.39 is 5.97 Å². The molecule has 2 aromatic rings. The number of anilines is 1.